The number of aliphatic hydroxyl groups excluding tert-OH is 3. The summed E-state index contributed by atoms with van der Waals surface area (Å²) in [4.78, 5) is 12.5. The molecule has 2 aromatic rings. The second-order valence-corrected chi connectivity index (χ2v) is 6.54. The van der Waals surface area contributed by atoms with Crippen LogP contribution >= 0.6 is 15.9 Å². The number of hydrogen-bond donors (Lipinski definition) is 4. The number of nitrogen functional groups attached to an aromatic ring is 1. The van der Waals surface area contributed by atoms with Gasteiger partial charge >= 0.3 is 0 Å². The van der Waals surface area contributed by atoms with Crippen molar-refractivity contribution in [3.63, 3.8) is 0 Å². The van der Waals surface area contributed by atoms with Gasteiger partial charge in [-0.2, -0.15) is 0 Å². The molecule has 0 saturated heterocycles. The second kappa shape index (κ2) is 4.13. The lowest BCUT2D eigenvalue weighted by Crippen LogP contribution is -2.35. The summed E-state index contributed by atoms with van der Waals surface area (Å²) >= 11 is 3.19. The van der Waals surface area contributed by atoms with Gasteiger partial charge in [0.1, 0.15) is 11.6 Å². The minimum Gasteiger partial charge on any atom is -0.396 e. The Balaban J connectivity index is 1.85. The number of aliphatic hydroxyl groups is 3. The lowest BCUT2D eigenvalue weighted by molar-refractivity contribution is -0.0300. The molecular weight excluding hydrogens is 342 g/mol. The van der Waals surface area contributed by atoms with Crippen molar-refractivity contribution in [1.82, 2.24) is 19.5 Å². The van der Waals surface area contributed by atoms with Crippen LogP contribution in [0, 0.1) is 11.3 Å². The normalized spacial score (nSPS) is 37.9. The molecule has 2 saturated carbocycles. The van der Waals surface area contributed by atoms with Crippen molar-refractivity contribution in [2.24, 2.45) is 11.3 Å². The van der Waals surface area contributed by atoms with Gasteiger partial charge in [0.2, 0.25) is 4.73 Å². The third kappa shape index (κ3) is 1.57. The van der Waals surface area contributed by atoms with E-state index in [2.05, 4.69) is 30.9 Å². The second-order valence-electron chi connectivity index (χ2n) is 5.83. The van der Waals surface area contributed by atoms with Crippen LogP contribution in [0.25, 0.3) is 11.2 Å². The zero-order valence-corrected chi connectivity index (χ0v) is 12.5. The van der Waals surface area contributed by atoms with E-state index in [9.17, 15) is 15.3 Å². The van der Waals surface area contributed by atoms with Crippen LogP contribution in [0.15, 0.2) is 11.1 Å². The monoisotopic (exact) mass is 355 g/mol. The number of nitrogens with zero attached hydrogens (tertiary/aromatic N) is 4. The van der Waals surface area contributed by atoms with Gasteiger partial charge in [0.25, 0.3) is 0 Å². The Morgan fingerprint density at radius 2 is 2.19 bits per heavy atom. The summed E-state index contributed by atoms with van der Waals surface area (Å²) in [6.07, 6.45) is 0.309. The van der Waals surface area contributed by atoms with Crippen LogP contribution in [0.4, 0.5) is 5.82 Å². The Morgan fingerprint density at radius 1 is 1.43 bits per heavy atom. The molecular formula is C12H14BrN5O3. The topological polar surface area (TPSA) is 130 Å². The summed E-state index contributed by atoms with van der Waals surface area (Å²) in [5.41, 5.74) is 6.18. The smallest absolute Gasteiger partial charge is 0.200 e. The van der Waals surface area contributed by atoms with Crippen LogP contribution in [0.1, 0.15) is 12.5 Å². The van der Waals surface area contributed by atoms with Crippen molar-refractivity contribution in [2.45, 2.75) is 24.7 Å². The highest BCUT2D eigenvalue weighted by Crippen LogP contribution is 2.67. The summed E-state index contributed by atoms with van der Waals surface area (Å²) in [7, 11) is 0. The Labute approximate surface area is 127 Å². The van der Waals surface area contributed by atoms with E-state index in [1.54, 1.807) is 10.9 Å². The predicted molar refractivity (Wildman–Crippen MR) is 76.1 cm³/mol. The van der Waals surface area contributed by atoms with Crippen molar-refractivity contribution in [3.8, 4) is 0 Å². The number of aromatic nitrogens is 4. The number of rotatable bonds is 2. The third-order valence-electron chi connectivity index (χ3n) is 4.89. The fourth-order valence-electron chi connectivity index (χ4n) is 3.68. The molecule has 2 aliphatic carbocycles. The first-order valence-corrected chi connectivity index (χ1v) is 7.41. The van der Waals surface area contributed by atoms with Gasteiger partial charge in [0.05, 0.1) is 25.1 Å². The average Bonchev–Trinajstić information content (AvgIpc) is 2.97. The fraction of sp³-hybridized carbons (Fsp3) is 0.583. The van der Waals surface area contributed by atoms with E-state index in [0.717, 1.165) is 0 Å². The molecule has 9 heteroatoms. The quantitative estimate of drug-likeness (QED) is 0.531. The maximum atomic E-state index is 10.3. The zero-order chi connectivity index (χ0) is 14.9. The number of hydrogen-bond acceptors (Lipinski definition) is 7. The lowest BCUT2D eigenvalue weighted by Gasteiger charge is -2.23. The highest BCUT2D eigenvalue weighted by atomic mass is 79.9. The molecule has 0 aromatic carbocycles. The molecule has 5 unspecified atom stereocenters. The maximum absolute atomic E-state index is 10.3. The highest BCUT2D eigenvalue weighted by molar-refractivity contribution is 9.10. The Hall–Kier alpha value is -1.29. The summed E-state index contributed by atoms with van der Waals surface area (Å²) in [5, 5.41) is 30.0. The zero-order valence-electron chi connectivity index (χ0n) is 10.9. The van der Waals surface area contributed by atoms with Gasteiger partial charge in [-0.05, 0) is 28.3 Å². The van der Waals surface area contributed by atoms with E-state index < -0.39 is 17.6 Å². The lowest BCUT2D eigenvalue weighted by atomic mass is 10.0. The van der Waals surface area contributed by atoms with Gasteiger partial charge < -0.3 is 25.6 Å². The maximum Gasteiger partial charge on any atom is 0.200 e. The first-order valence-electron chi connectivity index (χ1n) is 6.62. The number of fused-ring (bicyclic) bond motifs is 2. The minimum atomic E-state index is -0.969. The van der Waals surface area contributed by atoms with Crippen LogP contribution in [-0.4, -0.2) is 53.7 Å². The van der Waals surface area contributed by atoms with Crippen molar-refractivity contribution >= 4 is 32.9 Å². The molecule has 2 fully saturated rings. The molecule has 0 bridgehead atoms. The van der Waals surface area contributed by atoms with Crippen LogP contribution in [0.5, 0.6) is 0 Å². The summed E-state index contributed by atoms with van der Waals surface area (Å²) in [6, 6.07) is -0.377. The van der Waals surface area contributed by atoms with Crippen molar-refractivity contribution < 1.29 is 15.3 Å². The standard InChI is InChI=1S/C12H14BrN5O3/c13-11-16-9(14)5-10(17-11)18(3-15-5)6-4-1-12(4,2-19)8(21)7(6)20/h3-4,6-8,19-21H,1-2H2,(H2,14,16,17). The molecule has 5 atom stereocenters. The minimum absolute atomic E-state index is 0.000125. The Morgan fingerprint density at radius 3 is 2.86 bits per heavy atom. The van der Waals surface area contributed by atoms with Crippen molar-refractivity contribution in [3.05, 3.63) is 11.1 Å². The van der Waals surface area contributed by atoms with Crippen molar-refractivity contribution in [2.75, 3.05) is 12.3 Å². The van der Waals surface area contributed by atoms with E-state index >= 15 is 0 Å². The Kier molecular flexibility index (Phi) is 2.63. The Bertz CT molecular complexity index is 737. The van der Waals surface area contributed by atoms with Crippen LogP contribution in [0.3, 0.4) is 0 Å². The first kappa shape index (κ1) is 13.4. The molecule has 0 amide bonds. The number of nitrogens with two attached hydrogens (primary N) is 1. The van der Waals surface area contributed by atoms with E-state index in [-0.39, 0.29) is 24.4 Å². The van der Waals surface area contributed by atoms with Crippen LogP contribution in [0.2, 0.25) is 0 Å². The van der Waals surface area contributed by atoms with Crippen LogP contribution in [-0.2, 0) is 0 Å². The molecule has 0 spiro atoms. The molecule has 0 aliphatic heterocycles. The molecule has 8 nitrogen and oxygen atoms in total. The van der Waals surface area contributed by atoms with Gasteiger partial charge in [0.15, 0.2) is 11.5 Å². The highest BCUT2D eigenvalue weighted by Gasteiger charge is 2.71. The van der Waals surface area contributed by atoms with Gasteiger partial charge in [-0.1, -0.05) is 0 Å². The number of imidazole rings is 1. The first-order chi connectivity index (χ1) is 9.99. The van der Waals surface area contributed by atoms with Gasteiger partial charge in [-0.15, -0.1) is 0 Å². The van der Waals surface area contributed by atoms with Crippen molar-refractivity contribution in [1.29, 1.82) is 0 Å². The largest absolute Gasteiger partial charge is 0.396 e. The molecule has 0 radical (unpaired) electrons. The SMILES string of the molecule is Nc1nc(Br)nc2c1ncn2C1C(O)C(O)C2(CO)CC12. The number of anilines is 1. The summed E-state index contributed by atoms with van der Waals surface area (Å²) in [5.74, 6) is 0.253. The number of halogens is 1. The molecule has 112 valence electrons. The van der Waals surface area contributed by atoms with E-state index in [1.807, 2.05) is 0 Å². The predicted octanol–water partition coefficient (Wildman–Crippen LogP) is -0.554. The van der Waals surface area contributed by atoms with Crippen LogP contribution < -0.4 is 5.73 Å². The molecule has 4 rings (SSSR count). The van der Waals surface area contributed by atoms with E-state index in [0.29, 0.717) is 22.3 Å². The van der Waals surface area contributed by atoms with E-state index in [4.69, 9.17) is 5.73 Å². The van der Waals surface area contributed by atoms with E-state index in [1.165, 1.54) is 0 Å². The molecule has 2 heterocycles. The molecule has 5 N–H and O–H groups in total. The molecule has 21 heavy (non-hydrogen) atoms. The summed E-state index contributed by atoms with van der Waals surface area (Å²) < 4.78 is 2.06. The fourth-order valence-corrected chi connectivity index (χ4v) is 4.04. The molecule has 2 aromatic heterocycles. The van der Waals surface area contributed by atoms with Gasteiger partial charge in [0, 0.05) is 5.41 Å². The van der Waals surface area contributed by atoms with Gasteiger partial charge in [-0.3, -0.25) is 0 Å². The molecule has 2 aliphatic rings. The summed E-state index contributed by atoms with van der Waals surface area (Å²) in [6.45, 7) is -0.139. The average molecular weight is 356 g/mol. The van der Waals surface area contributed by atoms with Gasteiger partial charge in [-0.25, -0.2) is 15.0 Å². The third-order valence-corrected chi connectivity index (χ3v) is 5.24.